The first-order valence-corrected chi connectivity index (χ1v) is 10.7. The maximum absolute atomic E-state index is 12.2. The van der Waals surface area contributed by atoms with E-state index in [4.69, 9.17) is 0 Å². The summed E-state index contributed by atoms with van der Waals surface area (Å²) >= 11 is 3.60. The second-order valence-electron chi connectivity index (χ2n) is 5.16. The van der Waals surface area contributed by atoms with Crippen LogP contribution in [0.25, 0.3) is 10.1 Å². The van der Waals surface area contributed by atoms with Crippen molar-refractivity contribution >= 4 is 60.1 Å². The van der Waals surface area contributed by atoms with E-state index in [9.17, 15) is 8.42 Å². The summed E-state index contributed by atoms with van der Waals surface area (Å²) in [5, 5.41) is 4.36. The molecule has 0 atom stereocenters. The van der Waals surface area contributed by atoms with Crippen LogP contribution in [0.5, 0.6) is 0 Å². The number of benzene rings is 2. The zero-order chi connectivity index (χ0) is 17.0. The molecule has 0 fully saturated rings. The van der Waals surface area contributed by atoms with Crippen LogP contribution in [0, 0.1) is 3.57 Å². The van der Waals surface area contributed by atoms with Crippen LogP contribution in [0.3, 0.4) is 0 Å². The monoisotopic (exact) mass is 473 g/mol. The molecule has 3 rings (SSSR count). The second kappa shape index (κ2) is 7.77. The predicted octanol–water partition coefficient (Wildman–Crippen LogP) is 3.68. The van der Waals surface area contributed by atoms with Gasteiger partial charge >= 0.3 is 0 Å². The Hall–Kier alpha value is -1.23. The first-order valence-electron chi connectivity index (χ1n) is 7.40. The molecule has 0 aliphatic rings. The van der Waals surface area contributed by atoms with Gasteiger partial charge in [0.05, 0.1) is 9.60 Å². The van der Waals surface area contributed by atoms with Gasteiger partial charge in [0.2, 0.25) is 10.0 Å². The number of rotatable bonds is 7. The first-order chi connectivity index (χ1) is 11.6. The van der Waals surface area contributed by atoms with E-state index in [1.54, 1.807) is 24.3 Å². The smallest absolute Gasteiger partial charge is 0.240 e. The number of halogens is 1. The molecular formula is C16H16IN3O2S2. The van der Waals surface area contributed by atoms with Gasteiger partial charge in [0, 0.05) is 22.0 Å². The Morgan fingerprint density at radius 2 is 1.79 bits per heavy atom. The van der Waals surface area contributed by atoms with Gasteiger partial charge in [-0.25, -0.2) is 13.1 Å². The molecule has 0 saturated heterocycles. The largest absolute Gasteiger partial charge is 0.369 e. The van der Waals surface area contributed by atoms with Gasteiger partial charge in [-0.15, -0.1) is 0 Å². The van der Waals surface area contributed by atoms with Gasteiger partial charge < -0.3 is 5.32 Å². The van der Waals surface area contributed by atoms with Crippen molar-refractivity contribution in [3.63, 3.8) is 0 Å². The van der Waals surface area contributed by atoms with Crippen molar-refractivity contribution in [2.24, 2.45) is 0 Å². The van der Waals surface area contributed by atoms with Crippen molar-refractivity contribution in [3.8, 4) is 0 Å². The van der Waals surface area contributed by atoms with Crippen LogP contribution in [-0.2, 0) is 10.0 Å². The number of aromatic nitrogens is 1. The van der Waals surface area contributed by atoms with Gasteiger partial charge in [-0.3, -0.25) is 0 Å². The zero-order valence-electron chi connectivity index (χ0n) is 12.7. The van der Waals surface area contributed by atoms with Crippen LogP contribution in [0.2, 0.25) is 0 Å². The minimum Gasteiger partial charge on any atom is -0.369 e. The molecule has 0 radical (unpaired) electrons. The average molecular weight is 473 g/mol. The zero-order valence-corrected chi connectivity index (χ0v) is 16.5. The molecule has 0 aliphatic carbocycles. The highest BCUT2D eigenvalue weighted by atomic mass is 127. The first kappa shape index (κ1) is 17.6. The van der Waals surface area contributed by atoms with Gasteiger partial charge in [0.1, 0.15) is 5.82 Å². The van der Waals surface area contributed by atoms with Crippen LogP contribution in [0.15, 0.2) is 53.4 Å². The summed E-state index contributed by atoms with van der Waals surface area (Å²) in [5.41, 5.74) is 0. The van der Waals surface area contributed by atoms with Gasteiger partial charge in [0.25, 0.3) is 0 Å². The number of sulfonamides is 1. The summed E-state index contributed by atoms with van der Waals surface area (Å²) in [6, 6.07) is 14.8. The Labute approximate surface area is 158 Å². The third-order valence-corrected chi connectivity index (χ3v) is 6.46. The predicted molar refractivity (Wildman–Crippen MR) is 107 cm³/mol. The van der Waals surface area contributed by atoms with Crippen LogP contribution in [0.1, 0.15) is 6.42 Å². The summed E-state index contributed by atoms with van der Waals surface area (Å²) in [6.07, 6.45) is 0.676. The lowest BCUT2D eigenvalue weighted by atomic mass is 10.2. The molecule has 3 aromatic rings. The number of nitrogens with one attached hydrogen (secondary N) is 2. The van der Waals surface area contributed by atoms with Gasteiger partial charge in [-0.05, 0) is 76.9 Å². The lowest BCUT2D eigenvalue weighted by Gasteiger charge is -2.07. The fourth-order valence-corrected chi connectivity index (χ4v) is 4.40. The minimum atomic E-state index is -3.44. The fourth-order valence-electron chi connectivity index (χ4n) is 2.21. The van der Waals surface area contributed by atoms with Crippen LogP contribution in [-0.4, -0.2) is 25.9 Å². The number of nitrogens with zero attached hydrogens (tertiary/aromatic N) is 1. The maximum atomic E-state index is 12.2. The van der Waals surface area contributed by atoms with Crippen molar-refractivity contribution in [1.82, 2.24) is 9.10 Å². The van der Waals surface area contributed by atoms with E-state index in [-0.39, 0.29) is 0 Å². The number of anilines is 1. The topological polar surface area (TPSA) is 71.1 Å². The summed E-state index contributed by atoms with van der Waals surface area (Å²) in [4.78, 5) is 0.293. The molecular weight excluding hydrogens is 457 g/mol. The van der Waals surface area contributed by atoms with E-state index in [1.807, 2.05) is 24.3 Å². The molecule has 2 N–H and O–H groups in total. The van der Waals surface area contributed by atoms with E-state index in [2.05, 4.69) is 37.0 Å². The third kappa shape index (κ3) is 4.24. The van der Waals surface area contributed by atoms with Gasteiger partial charge in [-0.1, -0.05) is 12.1 Å². The third-order valence-electron chi connectivity index (χ3n) is 3.44. The standard InChI is InChI=1S/C16H16IN3O2S2/c17-12-6-8-13(9-7-12)24(21,22)19-11-3-10-18-16-14-4-1-2-5-15(14)23-20-16/h1-2,4-9,19H,3,10-11H2,(H,18,20). The summed E-state index contributed by atoms with van der Waals surface area (Å²) in [6.45, 7) is 1.03. The van der Waals surface area contributed by atoms with E-state index >= 15 is 0 Å². The van der Waals surface area contributed by atoms with E-state index in [1.165, 1.54) is 11.5 Å². The van der Waals surface area contributed by atoms with Crippen molar-refractivity contribution in [2.45, 2.75) is 11.3 Å². The quantitative estimate of drug-likeness (QED) is 0.406. The fraction of sp³-hybridized carbons (Fsp3) is 0.188. The minimum absolute atomic E-state index is 0.293. The lowest BCUT2D eigenvalue weighted by Crippen LogP contribution is -2.26. The van der Waals surface area contributed by atoms with E-state index in [0.717, 1.165) is 19.5 Å². The molecule has 8 heteroatoms. The SMILES string of the molecule is O=S(=O)(NCCCNc1nsc2ccccc12)c1ccc(I)cc1. The van der Waals surface area contributed by atoms with E-state index < -0.39 is 10.0 Å². The normalized spacial score (nSPS) is 11.7. The summed E-state index contributed by atoms with van der Waals surface area (Å²) < 4.78 is 33.5. The van der Waals surface area contributed by atoms with Crippen molar-refractivity contribution < 1.29 is 8.42 Å². The van der Waals surface area contributed by atoms with Crippen LogP contribution >= 0.6 is 34.1 Å². The molecule has 0 unspecified atom stereocenters. The molecule has 5 nitrogen and oxygen atoms in total. The molecule has 0 bridgehead atoms. The molecule has 126 valence electrons. The average Bonchev–Trinajstić information content (AvgIpc) is 2.98. The molecule has 0 amide bonds. The van der Waals surface area contributed by atoms with Crippen molar-refractivity contribution in [1.29, 1.82) is 0 Å². The maximum Gasteiger partial charge on any atom is 0.240 e. The molecule has 0 saturated carbocycles. The Morgan fingerprint density at radius 3 is 2.58 bits per heavy atom. The van der Waals surface area contributed by atoms with Gasteiger partial charge in [0.15, 0.2) is 0 Å². The van der Waals surface area contributed by atoms with E-state index in [0.29, 0.717) is 24.4 Å². The molecule has 1 heterocycles. The number of hydrogen-bond donors (Lipinski definition) is 2. The van der Waals surface area contributed by atoms with Gasteiger partial charge in [-0.2, -0.15) is 4.37 Å². The van der Waals surface area contributed by atoms with Crippen molar-refractivity contribution in [3.05, 3.63) is 52.1 Å². The Bertz CT molecular complexity index is 924. The molecule has 0 spiro atoms. The number of hydrogen-bond acceptors (Lipinski definition) is 5. The molecule has 0 aliphatic heterocycles. The number of fused-ring (bicyclic) bond motifs is 1. The molecule has 1 aromatic heterocycles. The summed E-state index contributed by atoms with van der Waals surface area (Å²) in [7, 11) is -3.44. The van der Waals surface area contributed by atoms with Crippen molar-refractivity contribution in [2.75, 3.05) is 18.4 Å². The molecule has 24 heavy (non-hydrogen) atoms. The summed E-state index contributed by atoms with van der Waals surface area (Å²) in [5.74, 6) is 0.857. The molecule has 2 aromatic carbocycles. The Morgan fingerprint density at radius 1 is 1.04 bits per heavy atom. The Kier molecular flexibility index (Phi) is 5.69. The van der Waals surface area contributed by atoms with Crippen LogP contribution < -0.4 is 10.0 Å². The second-order valence-corrected chi connectivity index (χ2v) is 8.98. The Balaban J connectivity index is 1.49. The highest BCUT2D eigenvalue weighted by Crippen LogP contribution is 2.25. The lowest BCUT2D eigenvalue weighted by molar-refractivity contribution is 0.580. The highest BCUT2D eigenvalue weighted by molar-refractivity contribution is 14.1. The van der Waals surface area contributed by atoms with Crippen LogP contribution in [0.4, 0.5) is 5.82 Å². The highest BCUT2D eigenvalue weighted by Gasteiger charge is 2.12.